The lowest BCUT2D eigenvalue weighted by Crippen LogP contribution is -2.11. The molecule has 8 nitrogen and oxygen atoms in total. The monoisotopic (exact) mass is 293 g/mol. The third kappa shape index (κ3) is 3.05. The van der Waals surface area contributed by atoms with E-state index in [1.165, 1.54) is 11.0 Å². The van der Waals surface area contributed by atoms with Gasteiger partial charge in [-0.05, 0) is 12.8 Å². The fourth-order valence-electron chi connectivity index (χ4n) is 1.88. The maximum absolute atomic E-state index is 5.60. The highest BCUT2D eigenvalue weighted by Crippen LogP contribution is 2.22. The van der Waals surface area contributed by atoms with Crippen LogP contribution in [0.5, 0.6) is 0 Å². The highest BCUT2D eigenvalue weighted by atomic mass is 32.2. The molecule has 1 fully saturated rings. The lowest BCUT2D eigenvalue weighted by atomic mass is 10.3. The second-order valence-electron chi connectivity index (χ2n) is 4.28. The topological polar surface area (TPSA) is 90.6 Å². The molecule has 2 aromatic heterocycles. The van der Waals surface area contributed by atoms with Gasteiger partial charge in [0.2, 0.25) is 5.95 Å². The summed E-state index contributed by atoms with van der Waals surface area (Å²) in [4.78, 5) is 16.9. The molecule has 1 unspecified atom stereocenters. The maximum atomic E-state index is 5.60. The SMILES string of the molecule is CNc1nc(SCC2CCCO2)nc(-n2cncn2)n1. The van der Waals surface area contributed by atoms with Crippen molar-refractivity contribution in [3.05, 3.63) is 12.7 Å². The van der Waals surface area contributed by atoms with Gasteiger partial charge in [-0.2, -0.15) is 24.7 Å². The van der Waals surface area contributed by atoms with E-state index in [-0.39, 0.29) is 0 Å². The van der Waals surface area contributed by atoms with Gasteiger partial charge in [-0.15, -0.1) is 0 Å². The zero-order valence-corrected chi connectivity index (χ0v) is 11.9. The van der Waals surface area contributed by atoms with E-state index in [0.717, 1.165) is 25.2 Å². The Balaban J connectivity index is 1.77. The molecule has 0 aromatic carbocycles. The highest BCUT2D eigenvalue weighted by Gasteiger charge is 2.17. The summed E-state index contributed by atoms with van der Waals surface area (Å²) in [7, 11) is 1.77. The third-order valence-electron chi connectivity index (χ3n) is 2.87. The molecule has 1 atom stereocenters. The number of nitrogens with one attached hydrogen (secondary N) is 1. The van der Waals surface area contributed by atoms with Crippen LogP contribution in [0.4, 0.5) is 5.95 Å². The molecule has 0 spiro atoms. The molecule has 0 radical (unpaired) electrons. The lowest BCUT2D eigenvalue weighted by Gasteiger charge is -2.09. The zero-order valence-electron chi connectivity index (χ0n) is 11.1. The Labute approximate surface area is 120 Å². The molecule has 1 N–H and O–H groups in total. The van der Waals surface area contributed by atoms with Crippen LogP contribution in [0.25, 0.3) is 5.95 Å². The minimum absolute atomic E-state index is 0.296. The van der Waals surface area contributed by atoms with E-state index >= 15 is 0 Å². The predicted molar refractivity (Wildman–Crippen MR) is 74.0 cm³/mol. The lowest BCUT2D eigenvalue weighted by molar-refractivity contribution is 0.129. The molecule has 1 aliphatic rings. The van der Waals surface area contributed by atoms with Crippen LogP contribution in [0.3, 0.4) is 0 Å². The van der Waals surface area contributed by atoms with Crippen molar-refractivity contribution in [1.82, 2.24) is 29.7 Å². The normalized spacial score (nSPS) is 18.4. The van der Waals surface area contributed by atoms with Gasteiger partial charge in [0.1, 0.15) is 12.7 Å². The third-order valence-corrected chi connectivity index (χ3v) is 3.85. The molecular weight excluding hydrogens is 278 g/mol. The van der Waals surface area contributed by atoms with Gasteiger partial charge in [0.05, 0.1) is 6.10 Å². The molecule has 9 heteroatoms. The summed E-state index contributed by atoms with van der Waals surface area (Å²) in [5, 5.41) is 7.62. The molecule has 106 valence electrons. The number of rotatable bonds is 5. The van der Waals surface area contributed by atoms with Gasteiger partial charge >= 0.3 is 0 Å². The second kappa shape index (κ2) is 6.14. The molecule has 0 aliphatic carbocycles. The fourth-order valence-corrected chi connectivity index (χ4v) is 2.77. The fraction of sp³-hybridized carbons (Fsp3) is 0.545. The van der Waals surface area contributed by atoms with Crippen LogP contribution < -0.4 is 5.32 Å². The van der Waals surface area contributed by atoms with E-state index in [0.29, 0.717) is 23.2 Å². The Hall–Kier alpha value is -1.74. The summed E-state index contributed by atoms with van der Waals surface area (Å²) in [6, 6.07) is 0. The largest absolute Gasteiger partial charge is 0.377 e. The molecule has 20 heavy (non-hydrogen) atoms. The van der Waals surface area contributed by atoms with Crippen LogP contribution in [-0.4, -0.2) is 55.2 Å². The minimum Gasteiger partial charge on any atom is -0.377 e. The first-order valence-electron chi connectivity index (χ1n) is 6.38. The van der Waals surface area contributed by atoms with E-state index in [1.54, 1.807) is 25.1 Å². The first-order chi connectivity index (χ1) is 9.85. The summed E-state index contributed by atoms with van der Waals surface area (Å²) in [5.41, 5.74) is 0. The Morgan fingerprint density at radius 1 is 1.45 bits per heavy atom. The molecule has 3 heterocycles. The summed E-state index contributed by atoms with van der Waals surface area (Å²) >= 11 is 1.57. The van der Waals surface area contributed by atoms with Crippen molar-refractivity contribution >= 4 is 17.7 Å². The average Bonchev–Trinajstić information content (AvgIpc) is 3.17. The number of anilines is 1. The van der Waals surface area contributed by atoms with Crippen LogP contribution in [0.2, 0.25) is 0 Å². The predicted octanol–water partition coefficient (Wildman–Crippen LogP) is 0.765. The number of nitrogens with zero attached hydrogens (tertiary/aromatic N) is 6. The zero-order chi connectivity index (χ0) is 13.8. The maximum Gasteiger partial charge on any atom is 0.257 e. The van der Waals surface area contributed by atoms with Gasteiger partial charge in [-0.3, -0.25) is 0 Å². The number of thioether (sulfide) groups is 1. The summed E-state index contributed by atoms with van der Waals surface area (Å²) < 4.78 is 7.11. The number of hydrogen-bond acceptors (Lipinski definition) is 8. The molecule has 2 aromatic rings. The Morgan fingerprint density at radius 2 is 2.40 bits per heavy atom. The Kier molecular flexibility index (Phi) is 4.07. The molecule has 3 rings (SSSR count). The van der Waals surface area contributed by atoms with Crippen molar-refractivity contribution < 1.29 is 4.74 Å². The van der Waals surface area contributed by atoms with Crippen LogP contribution in [0.15, 0.2) is 17.8 Å². The highest BCUT2D eigenvalue weighted by molar-refractivity contribution is 7.99. The minimum atomic E-state index is 0.296. The van der Waals surface area contributed by atoms with Gasteiger partial charge in [0.25, 0.3) is 5.95 Å². The number of hydrogen-bond donors (Lipinski definition) is 1. The summed E-state index contributed by atoms with van der Waals surface area (Å²) in [5.74, 6) is 1.82. The molecule has 1 aliphatic heterocycles. The van der Waals surface area contributed by atoms with E-state index in [4.69, 9.17) is 4.74 Å². The summed E-state index contributed by atoms with van der Waals surface area (Å²) in [6.07, 6.45) is 5.54. The van der Waals surface area contributed by atoms with Crippen molar-refractivity contribution in [3.63, 3.8) is 0 Å². The van der Waals surface area contributed by atoms with Crippen molar-refractivity contribution in [1.29, 1.82) is 0 Å². The Bertz CT molecular complexity index is 556. The number of aromatic nitrogens is 6. The van der Waals surface area contributed by atoms with Crippen LogP contribution in [0.1, 0.15) is 12.8 Å². The molecular formula is C11H15N7OS. The second-order valence-corrected chi connectivity index (χ2v) is 5.26. The van der Waals surface area contributed by atoms with E-state index in [1.807, 2.05) is 0 Å². The van der Waals surface area contributed by atoms with Crippen LogP contribution in [-0.2, 0) is 4.74 Å². The van der Waals surface area contributed by atoms with Gasteiger partial charge in [-0.1, -0.05) is 11.8 Å². The Morgan fingerprint density at radius 3 is 3.10 bits per heavy atom. The van der Waals surface area contributed by atoms with Gasteiger partial charge < -0.3 is 10.1 Å². The van der Waals surface area contributed by atoms with Gasteiger partial charge in [0, 0.05) is 19.4 Å². The molecule has 0 bridgehead atoms. The van der Waals surface area contributed by atoms with E-state index in [2.05, 4.69) is 30.4 Å². The van der Waals surface area contributed by atoms with Crippen LogP contribution >= 0.6 is 11.8 Å². The quantitative estimate of drug-likeness (QED) is 0.808. The summed E-state index contributed by atoms with van der Waals surface area (Å²) in [6.45, 7) is 0.856. The van der Waals surface area contributed by atoms with Crippen molar-refractivity contribution in [2.75, 3.05) is 24.7 Å². The van der Waals surface area contributed by atoms with Crippen molar-refractivity contribution in [2.24, 2.45) is 0 Å². The smallest absolute Gasteiger partial charge is 0.257 e. The molecule has 1 saturated heterocycles. The average molecular weight is 293 g/mol. The van der Waals surface area contributed by atoms with Crippen LogP contribution in [0, 0.1) is 0 Å². The molecule has 0 saturated carbocycles. The standard InChI is InChI=1S/C11H15N7OS/c1-12-9-15-10(18-7-13-6-14-18)17-11(16-9)20-5-8-3-2-4-19-8/h6-8H,2-5H2,1H3,(H,12,15,16,17). The molecule has 0 amide bonds. The van der Waals surface area contributed by atoms with E-state index < -0.39 is 0 Å². The van der Waals surface area contributed by atoms with Crippen molar-refractivity contribution in [2.45, 2.75) is 24.1 Å². The van der Waals surface area contributed by atoms with E-state index in [9.17, 15) is 0 Å². The number of ether oxygens (including phenoxy) is 1. The van der Waals surface area contributed by atoms with Crippen molar-refractivity contribution in [3.8, 4) is 5.95 Å². The van der Waals surface area contributed by atoms with Gasteiger partial charge in [-0.25, -0.2) is 4.98 Å². The van der Waals surface area contributed by atoms with Gasteiger partial charge in [0.15, 0.2) is 5.16 Å². The first-order valence-corrected chi connectivity index (χ1v) is 7.37. The first kappa shape index (κ1) is 13.3.